The Morgan fingerprint density at radius 2 is 1.91 bits per heavy atom. The second-order valence-corrected chi connectivity index (χ2v) is 5.92. The molecule has 0 radical (unpaired) electrons. The monoisotopic (exact) mass is 304 g/mol. The first-order valence-corrected chi connectivity index (χ1v) is 7.12. The third-order valence-corrected chi connectivity index (χ3v) is 4.03. The van der Waals surface area contributed by atoms with E-state index in [1.54, 1.807) is 7.11 Å². The van der Waals surface area contributed by atoms with Crippen LogP contribution >= 0.6 is 0 Å². The third-order valence-electron chi connectivity index (χ3n) is 4.03. The fourth-order valence-corrected chi connectivity index (χ4v) is 2.64. The number of aromatic nitrogens is 1. The van der Waals surface area contributed by atoms with Crippen molar-refractivity contribution in [3.63, 3.8) is 0 Å². The van der Waals surface area contributed by atoms with Gasteiger partial charge in [0.2, 0.25) is 0 Å². The second kappa shape index (κ2) is 5.05. The number of hydrogen-bond donors (Lipinski definition) is 3. The molecule has 0 fully saturated rings. The zero-order valence-electron chi connectivity index (χ0n) is 12.8. The largest absolute Gasteiger partial charge is 0.497 e. The van der Waals surface area contributed by atoms with Crippen LogP contribution in [-0.2, 0) is 6.54 Å². The predicted molar refractivity (Wildman–Crippen MR) is 82.9 cm³/mol. The molecule has 1 aromatic carbocycles. The maximum absolute atomic E-state index is 9.82. The highest BCUT2D eigenvalue weighted by Crippen LogP contribution is 2.39. The summed E-state index contributed by atoms with van der Waals surface area (Å²) in [6.45, 7) is 4.30. The fourth-order valence-electron chi connectivity index (χ4n) is 2.64. The molecule has 0 saturated carbocycles. The average molecular weight is 304 g/mol. The van der Waals surface area contributed by atoms with Crippen molar-refractivity contribution < 1.29 is 19.7 Å². The Hall–Kier alpha value is -2.50. The number of nitrogens with zero attached hydrogens (tertiary/aromatic N) is 1. The first kappa shape index (κ1) is 14.4. The number of hydrogen-bond acceptors (Lipinski definition) is 5. The highest BCUT2D eigenvalue weighted by molar-refractivity contribution is 5.62. The number of fused-ring (bicyclic) bond motifs is 1. The van der Waals surface area contributed by atoms with Crippen LogP contribution in [0.2, 0.25) is 0 Å². The van der Waals surface area contributed by atoms with Gasteiger partial charge in [-0.3, -0.25) is 4.57 Å². The minimum atomic E-state index is -0.509. The van der Waals surface area contributed by atoms with Crippen molar-refractivity contribution in [2.24, 2.45) is 0 Å². The van der Waals surface area contributed by atoms with Crippen LogP contribution in [0.3, 0.4) is 0 Å². The van der Waals surface area contributed by atoms with Gasteiger partial charge in [-0.05, 0) is 26.0 Å². The van der Waals surface area contributed by atoms with E-state index < -0.39 is 5.60 Å². The van der Waals surface area contributed by atoms with Gasteiger partial charge in [0, 0.05) is 18.2 Å². The van der Waals surface area contributed by atoms with Crippen LogP contribution < -0.4 is 14.8 Å². The SMILES string of the molecule is COc1ccc2c(c1)NC(Cn1c(O)ccc1O)C(C)(C)O2. The van der Waals surface area contributed by atoms with E-state index in [-0.39, 0.29) is 17.8 Å². The van der Waals surface area contributed by atoms with Crippen molar-refractivity contribution in [1.82, 2.24) is 4.57 Å². The van der Waals surface area contributed by atoms with Gasteiger partial charge in [0.05, 0.1) is 25.4 Å². The molecule has 0 amide bonds. The first-order valence-electron chi connectivity index (χ1n) is 7.12. The van der Waals surface area contributed by atoms with E-state index in [9.17, 15) is 10.2 Å². The summed E-state index contributed by atoms with van der Waals surface area (Å²) in [5.74, 6) is 1.53. The fraction of sp³-hybridized carbons (Fsp3) is 0.375. The molecule has 0 bridgehead atoms. The predicted octanol–water partition coefficient (Wildman–Crippen LogP) is 2.56. The maximum atomic E-state index is 9.82. The molecule has 0 aliphatic carbocycles. The summed E-state index contributed by atoms with van der Waals surface area (Å²) in [6.07, 6.45) is 0. The van der Waals surface area contributed by atoms with Crippen LogP contribution in [0.15, 0.2) is 30.3 Å². The third kappa shape index (κ3) is 2.41. The van der Waals surface area contributed by atoms with Crippen LogP contribution in [0.25, 0.3) is 0 Å². The van der Waals surface area contributed by atoms with E-state index in [0.717, 1.165) is 17.2 Å². The van der Waals surface area contributed by atoms with Gasteiger partial charge in [-0.1, -0.05) is 0 Å². The highest BCUT2D eigenvalue weighted by atomic mass is 16.5. The molecular formula is C16H20N2O4. The number of ether oxygens (including phenoxy) is 2. The Morgan fingerprint density at radius 3 is 2.55 bits per heavy atom. The topological polar surface area (TPSA) is 75.9 Å². The van der Waals surface area contributed by atoms with Crippen molar-refractivity contribution in [3.8, 4) is 23.3 Å². The number of anilines is 1. The van der Waals surface area contributed by atoms with Crippen molar-refractivity contribution in [3.05, 3.63) is 30.3 Å². The molecular weight excluding hydrogens is 284 g/mol. The Kier molecular flexibility index (Phi) is 3.31. The minimum absolute atomic E-state index is 0.0199. The summed E-state index contributed by atoms with van der Waals surface area (Å²) in [7, 11) is 1.61. The quantitative estimate of drug-likeness (QED) is 0.812. The van der Waals surface area contributed by atoms with Gasteiger partial charge in [-0.25, -0.2) is 0 Å². The van der Waals surface area contributed by atoms with Gasteiger partial charge in [0.25, 0.3) is 0 Å². The summed E-state index contributed by atoms with van der Waals surface area (Å²) in [6, 6.07) is 8.36. The van der Waals surface area contributed by atoms with Crippen molar-refractivity contribution >= 4 is 5.69 Å². The lowest BCUT2D eigenvalue weighted by Gasteiger charge is -2.41. The molecule has 2 aromatic rings. The molecule has 3 rings (SSSR count). The van der Waals surface area contributed by atoms with Crippen LogP contribution in [0, 0.1) is 0 Å². The molecule has 1 atom stereocenters. The number of methoxy groups -OCH3 is 1. The highest BCUT2D eigenvalue weighted by Gasteiger charge is 2.37. The zero-order chi connectivity index (χ0) is 15.9. The molecule has 118 valence electrons. The van der Waals surface area contributed by atoms with Gasteiger partial charge in [-0.15, -0.1) is 0 Å². The number of nitrogens with one attached hydrogen (secondary N) is 1. The summed E-state index contributed by atoms with van der Waals surface area (Å²) in [5.41, 5.74) is 0.319. The second-order valence-electron chi connectivity index (χ2n) is 5.92. The van der Waals surface area contributed by atoms with Crippen LogP contribution in [-0.4, -0.2) is 33.5 Å². The lowest BCUT2D eigenvalue weighted by Crippen LogP contribution is -2.51. The Balaban J connectivity index is 1.91. The molecule has 1 aromatic heterocycles. The van der Waals surface area contributed by atoms with E-state index in [2.05, 4.69) is 5.32 Å². The van der Waals surface area contributed by atoms with Crippen LogP contribution in [0.5, 0.6) is 23.3 Å². The number of rotatable bonds is 3. The number of aromatic hydroxyl groups is 2. The van der Waals surface area contributed by atoms with Gasteiger partial charge >= 0.3 is 0 Å². The molecule has 22 heavy (non-hydrogen) atoms. The average Bonchev–Trinajstić information content (AvgIpc) is 2.79. The summed E-state index contributed by atoms with van der Waals surface area (Å²) < 4.78 is 12.7. The van der Waals surface area contributed by atoms with Gasteiger partial charge < -0.3 is 25.0 Å². The molecule has 3 N–H and O–H groups in total. The molecule has 0 spiro atoms. The lowest BCUT2D eigenvalue weighted by atomic mass is 9.95. The Labute approximate surface area is 128 Å². The Morgan fingerprint density at radius 1 is 1.23 bits per heavy atom. The van der Waals surface area contributed by atoms with Crippen molar-refractivity contribution in [2.75, 3.05) is 12.4 Å². The van der Waals surface area contributed by atoms with Crippen LogP contribution in [0.1, 0.15) is 13.8 Å². The molecule has 6 nitrogen and oxygen atoms in total. The molecule has 1 aliphatic rings. The lowest BCUT2D eigenvalue weighted by molar-refractivity contribution is 0.0701. The zero-order valence-corrected chi connectivity index (χ0v) is 12.8. The van der Waals surface area contributed by atoms with Crippen molar-refractivity contribution in [1.29, 1.82) is 0 Å². The summed E-state index contributed by atoms with van der Waals surface area (Å²) in [4.78, 5) is 0. The minimum Gasteiger partial charge on any atom is -0.497 e. The van der Waals surface area contributed by atoms with Gasteiger partial charge in [0.1, 0.15) is 17.1 Å². The molecule has 2 heterocycles. The van der Waals surface area contributed by atoms with E-state index >= 15 is 0 Å². The molecule has 1 aliphatic heterocycles. The van der Waals surface area contributed by atoms with E-state index in [1.165, 1.54) is 16.7 Å². The van der Waals surface area contributed by atoms with Crippen LogP contribution in [0.4, 0.5) is 5.69 Å². The van der Waals surface area contributed by atoms with Crippen molar-refractivity contribution in [2.45, 2.75) is 32.0 Å². The molecule has 6 heteroatoms. The van der Waals surface area contributed by atoms with E-state index in [0.29, 0.717) is 6.54 Å². The van der Waals surface area contributed by atoms with Gasteiger partial charge in [-0.2, -0.15) is 0 Å². The Bertz CT molecular complexity index is 674. The van der Waals surface area contributed by atoms with E-state index in [1.807, 2.05) is 32.0 Å². The maximum Gasteiger partial charge on any atom is 0.193 e. The first-order chi connectivity index (χ1) is 10.4. The van der Waals surface area contributed by atoms with Gasteiger partial charge in [0.15, 0.2) is 11.8 Å². The smallest absolute Gasteiger partial charge is 0.193 e. The molecule has 0 saturated heterocycles. The summed E-state index contributed by atoms with van der Waals surface area (Å²) >= 11 is 0. The van der Waals surface area contributed by atoms with E-state index in [4.69, 9.17) is 9.47 Å². The normalized spacial score (nSPS) is 19.0. The number of benzene rings is 1. The summed E-state index contributed by atoms with van der Waals surface area (Å²) in [5, 5.41) is 23.1. The standard InChI is InChI=1S/C16H20N2O4/c1-16(2)13(9-18-14(19)6-7-15(18)20)17-11-8-10(21-3)4-5-12(11)22-16/h4-8,13,17,19-20H,9H2,1-3H3. The molecule has 1 unspecified atom stereocenters.